The number of para-hydroxylation sites is 2. The van der Waals surface area contributed by atoms with Crippen molar-refractivity contribution in [1.29, 1.82) is 0 Å². The fourth-order valence-corrected chi connectivity index (χ4v) is 3.07. The lowest BCUT2D eigenvalue weighted by Gasteiger charge is -2.27. The summed E-state index contributed by atoms with van der Waals surface area (Å²) < 4.78 is 9.97. The minimum Gasteiger partial charge on any atom is -0.469 e. The Morgan fingerprint density at radius 1 is 0.812 bits per heavy atom. The van der Waals surface area contributed by atoms with Gasteiger partial charge in [0.1, 0.15) is 12.6 Å². The number of benzene rings is 3. The standard InChI is InChI=1S/C25H24N2O5/c1-31-23(28)17-22(26-25(30)32-18-19-11-5-2-6-12-19)24(29)27(20-13-7-3-8-14-20)21-15-9-4-10-16-21/h2-16,22H,17-18H2,1H3,(H,26,30)/t22-/m0/s1. The van der Waals surface area contributed by atoms with Gasteiger partial charge in [-0.3, -0.25) is 14.5 Å². The highest BCUT2D eigenvalue weighted by Crippen LogP contribution is 2.26. The molecule has 32 heavy (non-hydrogen) atoms. The summed E-state index contributed by atoms with van der Waals surface area (Å²) in [4.78, 5) is 39.4. The number of nitrogens with one attached hydrogen (secondary N) is 1. The highest BCUT2D eigenvalue weighted by Gasteiger charge is 2.31. The highest BCUT2D eigenvalue weighted by molar-refractivity contribution is 6.05. The summed E-state index contributed by atoms with van der Waals surface area (Å²) in [6.07, 6.45) is -1.15. The van der Waals surface area contributed by atoms with Crippen molar-refractivity contribution in [2.24, 2.45) is 0 Å². The molecule has 1 N–H and O–H groups in total. The molecule has 3 aromatic rings. The molecule has 0 radical (unpaired) electrons. The number of esters is 1. The maximum absolute atomic E-state index is 13.6. The fraction of sp³-hybridized carbons (Fsp3) is 0.160. The van der Waals surface area contributed by atoms with E-state index in [-0.39, 0.29) is 13.0 Å². The Morgan fingerprint density at radius 2 is 1.31 bits per heavy atom. The van der Waals surface area contributed by atoms with E-state index in [1.807, 2.05) is 42.5 Å². The average molecular weight is 432 g/mol. The second-order valence-electron chi connectivity index (χ2n) is 6.88. The number of carbonyl (C=O) groups is 3. The van der Waals surface area contributed by atoms with Crippen LogP contribution in [-0.4, -0.2) is 31.1 Å². The van der Waals surface area contributed by atoms with Crippen LogP contribution in [0.15, 0.2) is 91.0 Å². The SMILES string of the molecule is COC(=O)C[C@H](NC(=O)OCc1ccccc1)C(=O)N(c1ccccc1)c1ccccc1. The van der Waals surface area contributed by atoms with E-state index < -0.39 is 24.0 Å². The number of carbonyl (C=O) groups excluding carboxylic acids is 3. The summed E-state index contributed by atoms with van der Waals surface area (Å²) in [5, 5.41) is 2.52. The zero-order valence-electron chi connectivity index (χ0n) is 17.6. The van der Waals surface area contributed by atoms with Gasteiger partial charge in [-0.1, -0.05) is 66.7 Å². The molecule has 0 aromatic heterocycles. The Bertz CT molecular complexity index is 986. The summed E-state index contributed by atoms with van der Waals surface area (Å²) in [6, 6.07) is 25.9. The molecule has 0 spiro atoms. The van der Waals surface area contributed by atoms with Gasteiger partial charge in [0, 0.05) is 11.4 Å². The number of hydrogen-bond acceptors (Lipinski definition) is 5. The molecular formula is C25H24N2O5. The van der Waals surface area contributed by atoms with Crippen molar-refractivity contribution in [3.8, 4) is 0 Å². The lowest BCUT2D eigenvalue weighted by Crippen LogP contribution is -2.48. The van der Waals surface area contributed by atoms with Crippen molar-refractivity contribution >= 4 is 29.3 Å². The van der Waals surface area contributed by atoms with Gasteiger partial charge in [-0.25, -0.2) is 4.79 Å². The maximum Gasteiger partial charge on any atom is 0.408 e. The first kappa shape index (κ1) is 22.6. The van der Waals surface area contributed by atoms with E-state index in [2.05, 4.69) is 5.32 Å². The van der Waals surface area contributed by atoms with Gasteiger partial charge in [-0.15, -0.1) is 0 Å². The van der Waals surface area contributed by atoms with Crippen LogP contribution in [0.3, 0.4) is 0 Å². The second kappa shape index (κ2) is 11.3. The van der Waals surface area contributed by atoms with E-state index in [0.717, 1.165) is 5.56 Å². The van der Waals surface area contributed by atoms with Gasteiger partial charge in [-0.2, -0.15) is 0 Å². The normalized spacial score (nSPS) is 11.2. The first-order chi connectivity index (χ1) is 15.6. The number of methoxy groups -OCH3 is 1. The van der Waals surface area contributed by atoms with Crippen LogP contribution in [0.5, 0.6) is 0 Å². The Balaban J connectivity index is 1.82. The number of rotatable bonds is 8. The smallest absolute Gasteiger partial charge is 0.408 e. The van der Waals surface area contributed by atoms with Crippen molar-refractivity contribution in [2.45, 2.75) is 19.1 Å². The number of alkyl carbamates (subject to hydrolysis) is 1. The molecule has 0 unspecified atom stereocenters. The van der Waals surface area contributed by atoms with E-state index in [9.17, 15) is 14.4 Å². The zero-order valence-corrected chi connectivity index (χ0v) is 17.6. The van der Waals surface area contributed by atoms with Crippen LogP contribution in [-0.2, 0) is 25.7 Å². The van der Waals surface area contributed by atoms with Gasteiger partial charge >= 0.3 is 12.1 Å². The third-order valence-corrected chi connectivity index (χ3v) is 4.65. The summed E-state index contributed by atoms with van der Waals surface area (Å²) in [5.74, 6) is -1.13. The third-order valence-electron chi connectivity index (χ3n) is 4.65. The summed E-state index contributed by atoms with van der Waals surface area (Å²) >= 11 is 0. The van der Waals surface area contributed by atoms with Crippen LogP contribution in [0, 0.1) is 0 Å². The number of ether oxygens (including phenoxy) is 2. The van der Waals surface area contributed by atoms with Crippen LogP contribution in [0.4, 0.5) is 16.2 Å². The monoisotopic (exact) mass is 432 g/mol. The summed E-state index contributed by atoms with van der Waals surface area (Å²) in [5.41, 5.74) is 1.99. The quantitative estimate of drug-likeness (QED) is 0.539. The van der Waals surface area contributed by atoms with Gasteiger partial charge in [0.15, 0.2) is 0 Å². The van der Waals surface area contributed by atoms with Crippen molar-refractivity contribution in [2.75, 3.05) is 12.0 Å². The topological polar surface area (TPSA) is 84.9 Å². The Labute approximate surface area is 186 Å². The van der Waals surface area contributed by atoms with Crippen molar-refractivity contribution in [1.82, 2.24) is 5.32 Å². The molecule has 0 fully saturated rings. The highest BCUT2D eigenvalue weighted by atomic mass is 16.5. The van der Waals surface area contributed by atoms with E-state index in [0.29, 0.717) is 11.4 Å². The van der Waals surface area contributed by atoms with Crippen molar-refractivity contribution < 1.29 is 23.9 Å². The Hall–Kier alpha value is -4.13. The molecule has 0 aliphatic carbocycles. The van der Waals surface area contributed by atoms with E-state index in [1.165, 1.54) is 12.0 Å². The predicted octanol–water partition coefficient (Wildman–Crippen LogP) is 4.21. The number of hydrogen-bond donors (Lipinski definition) is 1. The molecule has 164 valence electrons. The van der Waals surface area contributed by atoms with Gasteiger partial charge in [0.05, 0.1) is 13.5 Å². The van der Waals surface area contributed by atoms with Gasteiger partial charge in [-0.05, 0) is 29.8 Å². The van der Waals surface area contributed by atoms with E-state index in [1.54, 1.807) is 48.5 Å². The first-order valence-electron chi connectivity index (χ1n) is 10.1. The van der Waals surface area contributed by atoms with Crippen molar-refractivity contribution in [3.63, 3.8) is 0 Å². The van der Waals surface area contributed by atoms with Crippen molar-refractivity contribution in [3.05, 3.63) is 96.6 Å². The Morgan fingerprint density at radius 3 is 1.81 bits per heavy atom. The molecule has 0 heterocycles. The summed E-state index contributed by atoms with van der Waals surface area (Å²) in [7, 11) is 1.23. The predicted molar refractivity (Wildman–Crippen MR) is 120 cm³/mol. The van der Waals surface area contributed by atoms with Crippen LogP contribution in [0.1, 0.15) is 12.0 Å². The number of nitrogens with zero attached hydrogens (tertiary/aromatic N) is 1. The minimum atomic E-state index is -1.19. The molecule has 0 saturated carbocycles. The van der Waals surface area contributed by atoms with Gasteiger partial charge < -0.3 is 14.8 Å². The molecule has 3 rings (SSSR count). The molecule has 1 atom stereocenters. The molecule has 7 nitrogen and oxygen atoms in total. The van der Waals surface area contributed by atoms with E-state index >= 15 is 0 Å². The molecule has 0 bridgehead atoms. The molecular weight excluding hydrogens is 408 g/mol. The average Bonchev–Trinajstić information content (AvgIpc) is 2.84. The largest absolute Gasteiger partial charge is 0.469 e. The van der Waals surface area contributed by atoms with Gasteiger partial charge in [0.2, 0.25) is 0 Å². The zero-order chi connectivity index (χ0) is 22.8. The summed E-state index contributed by atoms with van der Waals surface area (Å²) in [6.45, 7) is 0.0346. The molecule has 0 aliphatic rings. The third kappa shape index (κ3) is 6.18. The minimum absolute atomic E-state index is 0.0346. The maximum atomic E-state index is 13.6. The van der Waals surface area contributed by atoms with Crippen LogP contribution < -0.4 is 10.2 Å². The second-order valence-corrected chi connectivity index (χ2v) is 6.88. The lowest BCUT2D eigenvalue weighted by molar-refractivity contribution is -0.142. The van der Waals surface area contributed by atoms with E-state index in [4.69, 9.17) is 9.47 Å². The Kier molecular flexibility index (Phi) is 7.97. The molecule has 2 amide bonds. The van der Waals surface area contributed by atoms with Gasteiger partial charge in [0.25, 0.3) is 5.91 Å². The fourth-order valence-electron chi connectivity index (χ4n) is 3.07. The van der Waals surface area contributed by atoms with Crippen LogP contribution in [0.2, 0.25) is 0 Å². The first-order valence-corrected chi connectivity index (χ1v) is 10.1. The lowest BCUT2D eigenvalue weighted by atomic mass is 10.1. The molecule has 0 saturated heterocycles. The van der Waals surface area contributed by atoms with Crippen LogP contribution in [0.25, 0.3) is 0 Å². The molecule has 7 heteroatoms. The number of amides is 2. The molecule has 0 aliphatic heterocycles. The number of anilines is 2. The van der Waals surface area contributed by atoms with Crippen LogP contribution >= 0.6 is 0 Å². The molecule has 3 aromatic carbocycles.